The summed E-state index contributed by atoms with van der Waals surface area (Å²) in [6, 6.07) is 10.4. The first-order chi connectivity index (χ1) is 16.4. The molecule has 1 atom stereocenters. The number of aliphatic hydroxyl groups excluding tert-OH is 1. The van der Waals surface area contributed by atoms with E-state index in [9.17, 15) is 14.3 Å². The maximum atomic E-state index is 13.6. The average molecular weight is 515 g/mol. The van der Waals surface area contributed by atoms with Gasteiger partial charge in [-0.15, -0.1) is 0 Å². The molecule has 35 heavy (non-hydrogen) atoms. The van der Waals surface area contributed by atoms with Crippen LogP contribution in [0.2, 0.25) is 0 Å². The molecule has 8 heteroatoms. The van der Waals surface area contributed by atoms with E-state index in [1.54, 1.807) is 6.07 Å². The van der Waals surface area contributed by atoms with Crippen LogP contribution in [0.3, 0.4) is 0 Å². The number of fused-ring (bicyclic) bond motifs is 1. The number of hydrogen-bond acceptors (Lipinski definition) is 7. The number of thiazole rings is 1. The van der Waals surface area contributed by atoms with Crippen molar-refractivity contribution >= 4 is 44.4 Å². The first-order valence-electron chi connectivity index (χ1n) is 11.7. The van der Waals surface area contributed by atoms with E-state index in [4.69, 9.17) is 10.5 Å². The third kappa shape index (κ3) is 5.33. The van der Waals surface area contributed by atoms with Gasteiger partial charge in [0.15, 0.2) is 5.13 Å². The number of carbonyl (C=O) groups is 1. The number of benzene rings is 2. The van der Waals surface area contributed by atoms with Crippen LogP contribution < -0.4 is 5.73 Å². The van der Waals surface area contributed by atoms with Crippen molar-refractivity contribution in [3.63, 3.8) is 0 Å². The summed E-state index contributed by atoms with van der Waals surface area (Å²) in [7, 11) is 0. The van der Waals surface area contributed by atoms with E-state index in [1.807, 2.05) is 32.0 Å². The molecule has 3 N–H and O–H groups in total. The molecule has 2 aromatic carbocycles. The Morgan fingerprint density at radius 2 is 2.03 bits per heavy atom. The molecular weight excluding hydrogens is 483 g/mol. The fourth-order valence-corrected chi connectivity index (χ4v) is 6.42. The second-order valence-corrected chi connectivity index (χ2v) is 12.5. The Labute approximate surface area is 213 Å². The molecule has 1 aliphatic heterocycles. The van der Waals surface area contributed by atoms with Crippen LogP contribution in [0.4, 0.5) is 9.52 Å². The lowest BCUT2D eigenvalue weighted by Gasteiger charge is -2.40. The first-order valence-corrected chi connectivity index (χ1v) is 13.3. The van der Waals surface area contributed by atoms with Gasteiger partial charge in [0.1, 0.15) is 22.1 Å². The number of aryl methyl sites for hydroxylation is 1. The lowest BCUT2D eigenvalue weighted by atomic mass is 9.80. The van der Waals surface area contributed by atoms with Gasteiger partial charge in [-0.2, -0.15) is 0 Å². The van der Waals surface area contributed by atoms with Gasteiger partial charge in [0.05, 0.1) is 10.2 Å². The molecule has 2 heterocycles. The Kier molecular flexibility index (Phi) is 6.90. The molecule has 0 fully saturated rings. The second-order valence-electron chi connectivity index (χ2n) is 10.4. The topological polar surface area (TPSA) is 85.4 Å². The Hall–Kier alpha value is -2.58. The van der Waals surface area contributed by atoms with Gasteiger partial charge in [-0.1, -0.05) is 69.9 Å². The number of nitrogens with zero attached hydrogens (tertiary/aromatic N) is 1. The maximum absolute atomic E-state index is 13.6. The zero-order valence-electron chi connectivity index (χ0n) is 20.6. The highest BCUT2D eigenvalue weighted by atomic mass is 32.2. The molecule has 0 spiro atoms. The second kappa shape index (κ2) is 9.47. The molecule has 0 amide bonds. The molecule has 0 saturated carbocycles. The molecule has 1 unspecified atom stereocenters. The Morgan fingerprint density at radius 3 is 2.66 bits per heavy atom. The van der Waals surface area contributed by atoms with Gasteiger partial charge in [0.2, 0.25) is 0 Å². The number of anilines is 1. The predicted octanol–water partition coefficient (Wildman–Crippen LogP) is 7.15. The number of hydrogen-bond donors (Lipinski definition) is 2. The summed E-state index contributed by atoms with van der Waals surface area (Å²) in [6.07, 6.45) is 1.24. The van der Waals surface area contributed by atoms with E-state index in [1.165, 1.54) is 35.2 Å². The average Bonchev–Trinajstić information content (AvgIpc) is 3.12. The highest BCUT2D eigenvalue weighted by Gasteiger charge is 2.44. The quantitative estimate of drug-likeness (QED) is 0.340. The summed E-state index contributed by atoms with van der Waals surface area (Å²) in [6.45, 7) is 10.2. The third-order valence-electron chi connectivity index (χ3n) is 6.51. The van der Waals surface area contributed by atoms with Crippen LogP contribution in [0.5, 0.6) is 0 Å². The van der Waals surface area contributed by atoms with Crippen molar-refractivity contribution in [1.29, 1.82) is 0 Å². The maximum Gasteiger partial charge on any atom is 0.349 e. The minimum atomic E-state index is -0.861. The monoisotopic (exact) mass is 514 g/mol. The fourth-order valence-electron chi connectivity index (χ4n) is 4.40. The Balaban J connectivity index is 1.65. The smallest absolute Gasteiger partial charge is 0.349 e. The van der Waals surface area contributed by atoms with Crippen molar-refractivity contribution in [2.75, 3.05) is 5.73 Å². The fraction of sp³-hybridized carbons (Fsp3) is 0.407. The van der Waals surface area contributed by atoms with Gasteiger partial charge in [-0.3, -0.25) is 0 Å². The molecule has 0 bridgehead atoms. The van der Waals surface area contributed by atoms with Gasteiger partial charge >= 0.3 is 5.97 Å². The van der Waals surface area contributed by atoms with Crippen LogP contribution in [-0.4, -0.2) is 21.7 Å². The molecule has 0 saturated heterocycles. The van der Waals surface area contributed by atoms with Gasteiger partial charge < -0.3 is 15.6 Å². The summed E-state index contributed by atoms with van der Waals surface area (Å²) in [5.41, 5.74) is 7.51. The van der Waals surface area contributed by atoms with Gasteiger partial charge in [-0.05, 0) is 59.6 Å². The number of halogens is 1. The van der Waals surface area contributed by atoms with Crippen molar-refractivity contribution in [2.24, 2.45) is 5.92 Å². The molecule has 1 aromatic heterocycles. The van der Waals surface area contributed by atoms with Crippen molar-refractivity contribution < 1.29 is 19.0 Å². The number of thioether (sulfide) groups is 1. The summed E-state index contributed by atoms with van der Waals surface area (Å²) in [4.78, 5) is 18.7. The van der Waals surface area contributed by atoms with Gasteiger partial charge in [0.25, 0.3) is 0 Å². The summed E-state index contributed by atoms with van der Waals surface area (Å²) < 4.78 is 20.6. The van der Waals surface area contributed by atoms with E-state index in [0.29, 0.717) is 18.0 Å². The summed E-state index contributed by atoms with van der Waals surface area (Å²) in [5, 5.41) is 11.6. The first kappa shape index (κ1) is 25.5. The van der Waals surface area contributed by atoms with Crippen LogP contribution in [0.1, 0.15) is 58.6 Å². The van der Waals surface area contributed by atoms with E-state index >= 15 is 0 Å². The minimum absolute atomic E-state index is 0.0305. The molecule has 0 radical (unpaired) electrons. The normalized spacial score (nSPS) is 19.0. The number of esters is 1. The van der Waals surface area contributed by atoms with E-state index in [2.05, 4.69) is 25.8 Å². The number of aliphatic hydroxyl groups is 1. The van der Waals surface area contributed by atoms with E-state index in [0.717, 1.165) is 26.2 Å². The largest absolute Gasteiger partial charge is 0.511 e. The van der Waals surface area contributed by atoms with Crippen molar-refractivity contribution in [2.45, 2.75) is 69.8 Å². The number of rotatable bonds is 6. The highest BCUT2D eigenvalue weighted by Crippen LogP contribution is 2.46. The predicted molar refractivity (Wildman–Crippen MR) is 141 cm³/mol. The SMILES string of the molecule is CC(C)C1(CCc2cccc(F)c2)CC(O)=C(Sc2cc3sc(N)nc3cc2C(C)(C)C)C(=O)O1. The number of ether oxygens (including phenoxy) is 1. The molecule has 3 aromatic rings. The number of aromatic nitrogens is 1. The van der Waals surface area contributed by atoms with Crippen molar-refractivity contribution in [1.82, 2.24) is 4.98 Å². The summed E-state index contributed by atoms with van der Waals surface area (Å²) >= 11 is 2.62. The number of cyclic esters (lactones) is 1. The van der Waals surface area contributed by atoms with Crippen LogP contribution in [0.25, 0.3) is 10.2 Å². The van der Waals surface area contributed by atoms with Gasteiger partial charge in [-0.25, -0.2) is 14.2 Å². The lowest BCUT2D eigenvalue weighted by molar-refractivity contribution is -0.164. The molecule has 4 rings (SSSR count). The molecular formula is C27H31FN2O3S2. The number of nitrogens with two attached hydrogens (primary N) is 1. The molecule has 1 aliphatic rings. The van der Waals surface area contributed by atoms with E-state index in [-0.39, 0.29) is 34.2 Å². The van der Waals surface area contributed by atoms with Crippen LogP contribution in [0.15, 0.2) is 52.0 Å². The molecule has 0 aliphatic carbocycles. The minimum Gasteiger partial charge on any atom is -0.511 e. The lowest BCUT2D eigenvalue weighted by Crippen LogP contribution is -2.44. The Morgan fingerprint density at radius 1 is 1.29 bits per heavy atom. The highest BCUT2D eigenvalue weighted by molar-refractivity contribution is 8.04. The zero-order chi connectivity index (χ0) is 25.5. The zero-order valence-corrected chi connectivity index (χ0v) is 22.3. The Bertz CT molecular complexity index is 1310. The van der Waals surface area contributed by atoms with Gasteiger partial charge in [0, 0.05) is 11.3 Å². The third-order valence-corrected chi connectivity index (χ3v) is 8.53. The van der Waals surface area contributed by atoms with Crippen molar-refractivity contribution in [3.8, 4) is 0 Å². The van der Waals surface area contributed by atoms with Crippen LogP contribution in [0, 0.1) is 11.7 Å². The number of nitrogen functional groups attached to an aromatic ring is 1. The number of carbonyl (C=O) groups excluding carboxylic acids is 1. The van der Waals surface area contributed by atoms with E-state index < -0.39 is 11.6 Å². The summed E-state index contributed by atoms with van der Waals surface area (Å²) in [5.74, 6) is -0.828. The van der Waals surface area contributed by atoms with Crippen molar-refractivity contribution in [3.05, 3.63) is 64.0 Å². The van der Waals surface area contributed by atoms with Crippen LogP contribution in [-0.2, 0) is 21.4 Å². The van der Waals surface area contributed by atoms with Crippen LogP contribution >= 0.6 is 23.1 Å². The molecule has 5 nitrogen and oxygen atoms in total. The standard InChI is InChI=1S/C27H31FN2O3S2/c1-15(2)27(10-9-16-7-6-8-17(28)11-16)14-20(31)23(24(32)33-27)34-21-13-22-19(30-25(29)35-22)12-18(21)26(3,4)5/h6-8,11-13,15,31H,9-10,14H2,1-5H3,(H2,29,30). The molecule has 186 valence electrons.